The molecule has 7 heteroatoms. The van der Waals surface area contributed by atoms with Gasteiger partial charge in [-0.1, -0.05) is 23.7 Å². The monoisotopic (exact) mass is 385 g/mol. The molecule has 1 amide bonds. The number of benzene rings is 2. The lowest BCUT2D eigenvalue weighted by Crippen LogP contribution is -2.47. The maximum absolute atomic E-state index is 13.7. The van der Waals surface area contributed by atoms with Gasteiger partial charge in [-0.15, -0.1) is 0 Å². The summed E-state index contributed by atoms with van der Waals surface area (Å²) in [4.78, 5) is 31.6. The minimum Gasteiger partial charge on any atom is -0.322 e. The van der Waals surface area contributed by atoms with E-state index in [1.165, 1.54) is 12.1 Å². The average Bonchev–Trinajstić information content (AvgIpc) is 2.65. The van der Waals surface area contributed by atoms with Gasteiger partial charge >= 0.3 is 0 Å². The second-order valence-electron chi connectivity index (χ2n) is 6.69. The van der Waals surface area contributed by atoms with Crippen molar-refractivity contribution < 1.29 is 14.0 Å². The lowest BCUT2D eigenvalue weighted by molar-refractivity contribution is -0.117. The molecule has 1 N–H and O–H groups in total. The number of nitrogens with zero attached hydrogens (tertiary/aromatic N) is 2. The van der Waals surface area contributed by atoms with E-state index in [9.17, 15) is 14.0 Å². The number of Topliss-reactive ketones (excluding diaryl/α,β-unsaturated/α-hetero) is 1. The van der Waals surface area contributed by atoms with Gasteiger partial charge in [0, 0.05) is 29.4 Å². The predicted molar refractivity (Wildman–Crippen MR) is 102 cm³/mol. The number of likely N-dealkylation sites (tertiary alicyclic amines) is 1. The Labute approximate surface area is 160 Å². The Morgan fingerprint density at radius 2 is 2.11 bits per heavy atom. The summed E-state index contributed by atoms with van der Waals surface area (Å²) in [5, 5.41) is 3.07. The summed E-state index contributed by atoms with van der Waals surface area (Å²) in [7, 11) is 0. The zero-order valence-corrected chi connectivity index (χ0v) is 15.2. The smallest absolute Gasteiger partial charge is 0.238 e. The number of hydrogen-bond acceptors (Lipinski definition) is 4. The zero-order chi connectivity index (χ0) is 19.0. The molecule has 2 heterocycles. The van der Waals surface area contributed by atoms with E-state index in [1.54, 1.807) is 30.3 Å². The number of fused-ring (bicyclic) bond motifs is 2. The number of halogens is 2. The second-order valence-corrected chi connectivity index (χ2v) is 7.13. The fourth-order valence-corrected chi connectivity index (χ4v) is 3.69. The summed E-state index contributed by atoms with van der Waals surface area (Å²) in [6.45, 7) is 1.12. The molecule has 0 aliphatic carbocycles. The van der Waals surface area contributed by atoms with E-state index in [0.717, 1.165) is 5.71 Å². The van der Waals surface area contributed by atoms with E-state index >= 15 is 0 Å². The standard InChI is InChI=1S/C20H17ClFN3O2/c21-12-5-6-16-13(9-12)20(27)14-10-25(8-7-17(14)23-16)11-19(26)24-18-4-2-1-3-15(18)22/h1-6,9,14H,7-8,10-11H2,(H,24,26). The van der Waals surface area contributed by atoms with Crippen molar-refractivity contribution in [1.29, 1.82) is 0 Å². The van der Waals surface area contributed by atoms with Gasteiger partial charge in [0.1, 0.15) is 5.82 Å². The maximum Gasteiger partial charge on any atom is 0.238 e. The van der Waals surface area contributed by atoms with Gasteiger partial charge in [-0.25, -0.2) is 4.39 Å². The molecule has 0 saturated carbocycles. The minimum absolute atomic E-state index is 0.0169. The van der Waals surface area contributed by atoms with E-state index < -0.39 is 5.82 Å². The molecule has 0 bridgehead atoms. The van der Waals surface area contributed by atoms with Gasteiger partial charge in [0.2, 0.25) is 5.91 Å². The largest absolute Gasteiger partial charge is 0.322 e. The van der Waals surface area contributed by atoms with E-state index in [1.807, 2.05) is 4.90 Å². The summed E-state index contributed by atoms with van der Waals surface area (Å²) < 4.78 is 13.7. The first-order valence-corrected chi connectivity index (χ1v) is 9.07. The van der Waals surface area contributed by atoms with Crippen LogP contribution in [-0.2, 0) is 4.79 Å². The number of anilines is 1. The van der Waals surface area contributed by atoms with E-state index in [4.69, 9.17) is 11.6 Å². The third kappa shape index (κ3) is 3.63. The molecular formula is C20H17ClFN3O2. The molecule has 0 radical (unpaired) electrons. The number of piperidine rings is 1. The van der Waals surface area contributed by atoms with Gasteiger partial charge < -0.3 is 5.32 Å². The molecule has 138 valence electrons. The van der Waals surface area contributed by atoms with Crippen molar-refractivity contribution in [2.75, 3.05) is 25.0 Å². The van der Waals surface area contributed by atoms with E-state index in [-0.39, 0.29) is 29.8 Å². The first-order chi connectivity index (χ1) is 13.0. The molecule has 5 nitrogen and oxygen atoms in total. The summed E-state index contributed by atoms with van der Waals surface area (Å²) in [5.41, 5.74) is 2.18. The van der Waals surface area contributed by atoms with E-state index in [0.29, 0.717) is 35.8 Å². The number of hydrogen-bond donors (Lipinski definition) is 1. The number of rotatable bonds is 3. The van der Waals surface area contributed by atoms with Crippen LogP contribution in [0.5, 0.6) is 0 Å². The molecule has 2 aromatic rings. The molecule has 1 atom stereocenters. The average molecular weight is 386 g/mol. The summed E-state index contributed by atoms with van der Waals surface area (Å²) >= 11 is 6.01. The fraction of sp³-hybridized carbons (Fsp3) is 0.250. The summed E-state index contributed by atoms with van der Waals surface area (Å²) in [6.07, 6.45) is 0.617. The number of para-hydroxylation sites is 1. The van der Waals surface area contributed by atoms with Crippen LogP contribution >= 0.6 is 11.6 Å². The van der Waals surface area contributed by atoms with Crippen molar-refractivity contribution in [3.8, 4) is 0 Å². The van der Waals surface area contributed by atoms with Crippen LogP contribution in [0.1, 0.15) is 16.8 Å². The highest BCUT2D eigenvalue weighted by Crippen LogP contribution is 2.33. The number of amides is 1. The van der Waals surface area contributed by atoms with Crippen molar-refractivity contribution in [2.45, 2.75) is 6.42 Å². The van der Waals surface area contributed by atoms with Crippen LogP contribution in [0.4, 0.5) is 15.8 Å². The Morgan fingerprint density at radius 3 is 2.93 bits per heavy atom. The Balaban J connectivity index is 1.45. The van der Waals surface area contributed by atoms with Crippen LogP contribution in [0.3, 0.4) is 0 Å². The Hall–Kier alpha value is -2.57. The van der Waals surface area contributed by atoms with Crippen molar-refractivity contribution in [2.24, 2.45) is 10.9 Å². The van der Waals surface area contributed by atoms with Crippen LogP contribution in [0.15, 0.2) is 47.5 Å². The van der Waals surface area contributed by atoms with Gasteiger partial charge in [-0.2, -0.15) is 0 Å². The Kier molecular flexibility index (Phi) is 4.76. The second kappa shape index (κ2) is 7.21. The minimum atomic E-state index is -0.477. The molecule has 0 aromatic heterocycles. The number of nitrogens with one attached hydrogen (secondary N) is 1. The molecule has 1 unspecified atom stereocenters. The maximum atomic E-state index is 13.7. The van der Waals surface area contributed by atoms with Gasteiger partial charge in [0.15, 0.2) is 5.78 Å². The molecule has 2 aliphatic rings. The quantitative estimate of drug-likeness (QED) is 0.876. The highest BCUT2D eigenvalue weighted by Gasteiger charge is 2.36. The highest BCUT2D eigenvalue weighted by molar-refractivity contribution is 6.31. The Bertz CT molecular complexity index is 960. The van der Waals surface area contributed by atoms with Gasteiger partial charge in [0.05, 0.1) is 23.8 Å². The Morgan fingerprint density at radius 1 is 1.30 bits per heavy atom. The molecule has 27 heavy (non-hydrogen) atoms. The van der Waals surface area contributed by atoms with Crippen LogP contribution < -0.4 is 5.32 Å². The molecule has 2 aliphatic heterocycles. The lowest BCUT2D eigenvalue weighted by atomic mass is 9.85. The van der Waals surface area contributed by atoms with Crippen molar-refractivity contribution in [3.05, 3.63) is 58.9 Å². The summed E-state index contributed by atoms with van der Waals surface area (Å²) in [5.74, 6) is -1.18. The van der Waals surface area contributed by atoms with Crippen LogP contribution in [0.2, 0.25) is 5.02 Å². The number of ketones is 1. The SMILES string of the molecule is O=C(CN1CCC2=Nc3ccc(Cl)cc3C(=O)C2C1)Nc1ccccc1F. The zero-order valence-electron chi connectivity index (χ0n) is 14.4. The molecule has 4 rings (SSSR count). The van der Waals surface area contributed by atoms with Crippen molar-refractivity contribution in [3.63, 3.8) is 0 Å². The van der Waals surface area contributed by atoms with Crippen molar-refractivity contribution >= 4 is 40.4 Å². The van der Waals surface area contributed by atoms with Crippen molar-refractivity contribution in [1.82, 2.24) is 4.90 Å². The van der Waals surface area contributed by atoms with Crippen LogP contribution in [0.25, 0.3) is 0 Å². The van der Waals surface area contributed by atoms with Crippen LogP contribution in [0, 0.1) is 11.7 Å². The lowest BCUT2D eigenvalue weighted by Gasteiger charge is -2.34. The van der Waals surface area contributed by atoms with Gasteiger partial charge in [0.25, 0.3) is 0 Å². The normalized spacial score (nSPS) is 19.1. The summed E-state index contributed by atoms with van der Waals surface area (Å²) in [6, 6.07) is 11.2. The molecule has 1 fully saturated rings. The third-order valence-electron chi connectivity index (χ3n) is 4.85. The van der Waals surface area contributed by atoms with E-state index in [2.05, 4.69) is 10.3 Å². The molecule has 0 spiro atoms. The fourth-order valence-electron chi connectivity index (χ4n) is 3.51. The highest BCUT2D eigenvalue weighted by atomic mass is 35.5. The number of carbonyl (C=O) groups excluding carboxylic acids is 2. The number of aliphatic imine (C=N–C) groups is 1. The van der Waals surface area contributed by atoms with Crippen LogP contribution in [-0.4, -0.2) is 41.9 Å². The number of carbonyl (C=O) groups is 2. The molecule has 2 aromatic carbocycles. The topological polar surface area (TPSA) is 61.8 Å². The molecule has 1 saturated heterocycles. The first-order valence-electron chi connectivity index (χ1n) is 8.69. The first kappa shape index (κ1) is 17.8. The van der Waals surface area contributed by atoms with Gasteiger partial charge in [-0.05, 0) is 36.8 Å². The molecular weight excluding hydrogens is 369 g/mol. The predicted octanol–water partition coefficient (Wildman–Crippen LogP) is 3.71. The third-order valence-corrected chi connectivity index (χ3v) is 5.08. The van der Waals surface area contributed by atoms with Gasteiger partial charge in [-0.3, -0.25) is 19.5 Å².